The molecule has 0 bridgehead atoms. The Morgan fingerprint density at radius 1 is 0.861 bits per heavy atom. The van der Waals surface area contributed by atoms with Crippen LogP contribution in [0.2, 0.25) is 0 Å². The van der Waals surface area contributed by atoms with Crippen molar-refractivity contribution in [3.63, 3.8) is 0 Å². The van der Waals surface area contributed by atoms with Crippen molar-refractivity contribution in [2.45, 2.75) is 0 Å². The minimum atomic E-state index is -0.169. The fraction of sp³-hybridized carbons (Fsp3) is 0. The number of nitrogens with zero attached hydrogens (tertiary/aromatic N) is 2. The lowest BCUT2D eigenvalue weighted by molar-refractivity contribution is 0.102. The zero-order valence-corrected chi connectivity index (χ0v) is 19.8. The highest BCUT2D eigenvalue weighted by molar-refractivity contribution is 7.22. The summed E-state index contributed by atoms with van der Waals surface area (Å²) in [5.74, 6) is 0.629. The highest BCUT2D eigenvalue weighted by Gasteiger charge is 2.15. The van der Waals surface area contributed by atoms with Gasteiger partial charge in [-0.2, -0.15) is 5.10 Å². The molecule has 7 rings (SSSR count). The number of para-hydroxylation sites is 2. The third kappa shape index (κ3) is 3.54. The van der Waals surface area contributed by atoms with Gasteiger partial charge in [0, 0.05) is 37.3 Å². The first-order chi connectivity index (χ1) is 17.7. The second-order valence-electron chi connectivity index (χ2n) is 8.64. The van der Waals surface area contributed by atoms with Crippen molar-refractivity contribution in [2.75, 3.05) is 5.32 Å². The quantitative estimate of drug-likeness (QED) is 0.246. The van der Waals surface area contributed by atoms with Crippen LogP contribution in [0.1, 0.15) is 10.4 Å². The van der Waals surface area contributed by atoms with Gasteiger partial charge >= 0.3 is 0 Å². The molecule has 1 amide bonds. The molecule has 6 nitrogen and oxygen atoms in total. The van der Waals surface area contributed by atoms with Gasteiger partial charge in [0.15, 0.2) is 0 Å². The average Bonchev–Trinajstić information content (AvgIpc) is 3.66. The molecule has 0 unspecified atom stereocenters. The predicted octanol–water partition coefficient (Wildman–Crippen LogP) is 7.24. The minimum absolute atomic E-state index is 0.169. The van der Waals surface area contributed by atoms with E-state index in [0.717, 1.165) is 49.5 Å². The number of hydrogen-bond acceptors (Lipinski definition) is 4. The van der Waals surface area contributed by atoms with Gasteiger partial charge in [-0.25, -0.2) is 4.98 Å². The molecule has 3 heterocycles. The molecular weight excluding hydrogens is 466 g/mol. The molecule has 3 N–H and O–H groups in total. The second-order valence-corrected chi connectivity index (χ2v) is 9.72. The maximum Gasteiger partial charge on any atom is 0.255 e. The van der Waals surface area contributed by atoms with Crippen molar-refractivity contribution in [1.29, 1.82) is 0 Å². The van der Waals surface area contributed by atoms with Crippen LogP contribution in [0.3, 0.4) is 0 Å². The van der Waals surface area contributed by atoms with Crippen LogP contribution in [0.15, 0.2) is 97.2 Å². The smallest absolute Gasteiger partial charge is 0.255 e. The Labute approximate surface area is 209 Å². The fourth-order valence-corrected chi connectivity index (χ4v) is 5.59. The Hall–Kier alpha value is -4.75. The Morgan fingerprint density at radius 2 is 1.69 bits per heavy atom. The van der Waals surface area contributed by atoms with Crippen LogP contribution in [-0.4, -0.2) is 26.1 Å². The summed E-state index contributed by atoms with van der Waals surface area (Å²) in [6.45, 7) is 0. The summed E-state index contributed by atoms with van der Waals surface area (Å²) in [4.78, 5) is 22.3. The number of carbonyl (C=O) groups is 1. The lowest BCUT2D eigenvalue weighted by Gasteiger charge is -2.08. The van der Waals surface area contributed by atoms with Crippen LogP contribution in [0.4, 0.5) is 5.69 Å². The molecule has 0 atom stereocenters. The number of aromatic nitrogens is 4. The van der Waals surface area contributed by atoms with Crippen LogP contribution >= 0.6 is 11.3 Å². The molecule has 7 heteroatoms. The van der Waals surface area contributed by atoms with Gasteiger partial charge in [0.2, 0.25) is 0 Å². The molecule has 0 saturated carbocycles. The largest absolute Gasteiger partial charge is 0.338 e. The van der Waals surface area contributed by atoms with E-state index < -0.39 is 0 Å². The Kier molecular flexibility index (Phi) is 4.68. The first kappa shape index (κ1) is 20.6. The van der Waals surface area contributed by atoms with Crippen molar-refractivity contribution in [3.8, 4) is 21.8 Å². The summed E-state index contributed by atoms with van der Waals surface area (Å²) >= 11 is 1.71. The Morgan fingerprint density at radius 3 is 2.56 bits per heavy atom. The van der Waals surface area contributed by atoms with Crippen molar-refractivity contribution in [1.82, 2.24) is 20.2 Å². The molecule has 0 spiro atoms. The first-order valence-electron chi connectivity index (χ1n) is 11.5. The van der Waals surface area contributed by atoms with Gasteiger partial charge in [-0.3, -0.25) is 9.89 Å². The van der Waals surface area contributed by atoms with Gasteiger partial charge in [-0.1, -0.05) is 30.3 Å². The monoisotopic (exact) mass is 485 g/mol. The third-order valence-electron chi connectivity index (χ3n) is 6.31. The maximum absolute atomic E-state index is 13.3. The Bertz CT molecular complexity index is 1830. The summed E-state index contributed by atoms with van der Waals surface area (Å²) in [6, 6.07) is 29.9. The fourth-order valence-electron chi connectivity index (χ4n) is 4.50. The third-order valence-corrected chi connectivity index (χ3v) is 7.46. The molecule has 0 radical (unpaired) electrons. The van der Waals surface area contributed by atoms with Crippen molar-refractivity contribution in [3.05, 3.63) is 103 Å². The zero-order chi connectivity index (χ0) is 24.1. The van der Waals surface area contributed by atoms with Gasteiger partial charge < -0.3 is 10.3 Å². The molecule has 0 aliphatic heterocycles. The van der Waals surface area contributed by atoms with E-state index in [0.29, 0.717) is 5.56 Å². The van der Waals surface area contributed by atoms with E-state index in [4.69, 9.17) is 0 Å². The lowest BCUT2D eigenvalue weighted by atomic mass is 10.0. The first-order valence-corrected chi connectivity index (χ1v) is 12.4. The van der Waals surface area contributed by atoms with E-state index in [1.807, 2.05) is 72.8 Å². The molecule has 0 fully saturated rings. The highest BCUT2D eigenvalue weighted by atomic mass is 32.1. The number of thiophene rings is 1. The van der Waals surface area contributed by atoms with Gasteiger partial charge in [-0.05, 0) is 66.0 Å². The number of rotatable bonds is 4. The number of H-pyrrole nitrogens is 2. The van der Waals surface area contributed by atoms with Gasteiger partial charge in [0.05, 0.1) is 22.7 Å². The number of imidazole rings is 1. The molecule has 0 aliphatic carbocycles. The number of benzene rings is 4. The van der Waals surface area contributed by atoms with Crippen LogP contribution < -0.4 is 5.32 Å². The van der Waals surface area contributed by atoms with E-state index in [1.54, 1.807) is 17.5 Å². The summed E-state index contributed by atoms with van der Waals surface area (Å²) in [7, 11) is 0. The standard InChI is InChI=1S/C29H19N5OS/c35-29(31-21-11-9-17(10-12-21)28-32-23-6-2-3-7-24(23)33-28)19-13-20-16-30-34-27(20)22(14-19)26-15-18-5-1-4-8-25(18)36-26/h1-16H,(H,30,34)(H,31,35)(H,32,33). The molecule has 4 aromatic carbocycles. The van der Waals surface area contributed by atoms with E-state index in [9.17, 15) is 4.79 Å². The number of amides is 1. The van der Waals surface area contributed by atoms with Gasteiger partial charge in [0.25, 0.3) is 5.91 Å². The van der Waals surface area contributed by atoms with Crippen LogP contribution in [0.5, 0.6) is 0 Å². The van der Waals surface area contributed by atoms with Crippen molar-refractivity contribution in [2.24, 2.45) is 0 Å². The molecule has 36 heavy (non-hydrogen) atoms. The highest BCUT2D eigenvalue weighted by Crippen LogP contribution is 2.37. The number of anilines is 1. The predicted molar refractivity (Wildman–Crippen MR) is 146 cm³/mol. The van der Waals surface area contributed by atoms with E-state index in [1.165, 1.54) is 10.1 Å². The van der Waals surface area contributed by atoms with Crippen LogP contribution in [-0.2, 0) is 0 Å². The van der Waals surface area contributed by atoms with Crippen LogP contribution in [0, 0.1) is 0 Å². The molecule has 172 valence electrons. The van der Waals surface area contributed by atoms with Gasteiger partial charge in [-0.15, -0.1) is 11.3 Å². The van der Waals surface area contributed by atoms with Crippen molar-refractivity contribution >= 4 is 55.0 Å². The molecule has 0 saturated heterocycles. The van der Waals surface area contributed by atoms with Gasteiger partial charge in [0.1, 0.15) is 5.82 Å². The van der Waals surface area contributed by atoms with E-state index in [2.05, 4.69) is 43.7 Å². The molecule has 0 aliphatic rings. The maximum atomic E-state index is 13.3. The van der Waals surface area contributed by atoms with Crippen molar-refractivity contribution < 1.29 is 4.79 Å². The normalized spacial score (nSPS) is 11.4. The molecule has 7 aromatic rings. The topological polar surface area (TPSA) is 86.5 Å². The number of carbonyl (C=O) groups excluding carboxylic acids is 1. The zero-order valence-electron chi connectivity index (χ0n) is 18.9. The lowest BCUT2D eigenvalue weighted by Crippen LogP contribution is -2.12. The second kappa shape index (κ2) is 8.18. The van der Waals surface area contributed by atoms with E-state index >= 15 is 0 Å². The summed E-state index contributed by atoms with van der Waals surface area (Å²) in [5, 5.41) is 12.4. The Balaban J connectivity index is 1.19. The number of fused-ring (bicyclic) bond motifs is 3. The summed E-state index contributed by atoms with van der Waals surface area (Å²) < 4.78 is 1.21. The summed E-state index contributed by atoms with van der Waals surface area (Å²) in [5.41, 5.74) is 6.07. The average molecular weight is 486 g/mol. The van der Waals surface area contributed by atoms with Crippen LogP contribution in [0.25, 0.3) is 53.9 Å². The number of nitrogens with one attached hydrogen (secondary N) is 3. The van der Waals surface area contributed by atoms with E-state index in [-0.39, 0.29) is 5.91 Å². The SMILES string of the molecule is O=C(Nc1ccc(-c2nc3ccccc3[nH]2)cc1)c1cc(-c2cc3ccccc3s2)c2[nH]ncc2c1. The molecular formula is C29H19N5OS. The number of aromatic amines is 2. The summed E-state index contributed by atoms with van der Waals surface area (Å²) in [6.07, 6.45) is 1.76. The number of hydrogen-bond donors (Lipinski definition) is 3. The molecule has 3 aromatic heterocycles. The minimum Gasteiger partial charge on any atom is -0.338 e.